The Labute approximate surface area is 197 Å². The number of carbonyl (C=O) groups excluding carboxylic acids is 3. The Morgan fingerprint density at radius 2 is 2.09 bits per heavy atom. The van der Waals surface area contributed by atoms with Crippen LogP contribution >= 0.6 is 11.3 Å². The third-order valence-corrected chi connectivity index (χ3v) is 5.98. The summed E-state index contributed by atoms with van der Waals surface area (Å²) < 4.78 is 39.9. The van der Waals surface area contributed by atoms with Gasteiger partial charge in [0.2, 0.25) is 5.13 Å². The van der Waals surface area contributed by atoms with Gasteiger partial charge in [-0.3, -0.25) is 14.5 Å². The van der Waals surface area contributed by atoms with E-state index in [0.717, 1.165) is 12.1 Å². The Bertz CT molecular complexity index is 1100. The number of anilines is 2. The Balaban J connectivity index is 1.41. The second kappa shape index (κ2) is 10.1. The number of amides is 2. The summed E-state index contributed by atoms with van der Waals surface area (Å²) in [4.78, 5) is 37.8. The number of cyclic esters (lactones) is 1. The van der Waals surface area contributed by atoms with Crippen LogP contribution in [0.15, 0.2) is 23.7 Å². The molecule has 2 aliphatic heterocycles. The molecular weight excluding hydrogens is 472 g/mol. The van der Waals surface area contributed by atoms with Crippen molar-refractivity contribution in [3.63, 3.8) is 0 Å². The molecule has 1 atom stereocenters. The fourth-order valence-electron chi connectivity index (χ4n) is 3.69. The molecule has 2 aliphatic rings. The van der Waals surface area contributed by atoms with E-state index in [-0.39, 0.29) is 56.4 Å². The van der Waals surface area contributed by atoms with Crippen LogP contribution in [0.25, 0.3) is 5.57 Å². The lowest BCUT2D eigenvalue weighted by atomic mass is 9.97. The van der Waals surface area contributed by atoms with Gasteiger partial charge in [-0.05, 0) is 24.1 Å². The number of esters is 1. The van der Waals surface area contributed by atoms with Crippen LogP contribution in [-0.2, 0) is 19.1 Å². The zero-order valence-electron chi connectivity index (χ0n) is 18.1. The third-order valence-electron chi connectivity index (χ3n) is 5.34. The number of nitrogens with zero attached hydrogens (tertiary/aromatic N) is 4. The molecule has 2 amide bonds. The molecule has 0 unspecified atom stereocenters. The average Bonchev–Trinajstić information content (AvgIpc) is 3.45. The van der Waals surface area contributed by atoms with Gasteiger partial charge in [-0.1, -0.05) is 17.4 Å². The van der Waals surface area contributed by atoms with Gasteiger partial charge in [0, 0.05) is 25.6 Å². The molecule has 34 heavy (non-hydrogen) atoms. The van der Waals surface area contributed by atoms with Crippen molar-refractivity contribution in [2.24, 2.45) is 0 Å². The lowest BCUT2D eigenvalue weighted by Crippen LogP contribution is -2.37. The fraction of sp³-hybridized carbons (Fsp3) is 0.381. The topological polar surface area (TPSA) is 114 Å². The van der Waals surface area contributed by atoms with Crippen LogP contribution in [0.4, 0.5) is 24.4 Å². The monoisotopic (exact) mass is 493 g/mol. The van der Waals surface area contributed by atoms with Crippen molar-refractivity contribution < 1.29 is 32.6 Å². The predicted octanol–water partition coefficient (Wildman–Crippen LogP) is 2.43. The lowest BCUT2D eigenvalue weighted by molar-refractivity contribution is -0.150. The van der Waals surface area contributed by atoms with Gasteiger partial charge in [0.1, 0.15) is 23.2 Å². The van der Waals surface area contributed by atoms with Gasteiger partial charge < -0.3 is 19.7 Å². The first kappa shape index (κ1) is 23.5. The maximum absolute atomic E-state index is 14.9. The van der Waals surface area contributed by atoms with Crippen LogP contribution in [0, 0.1) is 11.6 Å². The van der Waals surface area contributed by atoms with E-state index in [1.165, 1.54) is 28.1 Å². The number of benzene rings is 1. The van der Waals surface area contributed by atoms with E-state index in [9.17, 15) is 23.2 Å². The summed E-state index contributed by atoms with van der Waals surface area (Å²) in [7, 11) is 0. The van der Waals surface area contributed by atoms with E-state index in [1.54, 1.807) is 11.6 Å². The maximum Gasteiger partial charge on any atom is 0.414 e. The quantitative estimate of drug-likeness (QED) is 0.585. The SMILES string of the molecule is CC(=O)OCC(=O)N1CC=C(c2c(F)cc(N3C[C@H](CNc4nncs4)OC3=O)cc2F)CC1. The second-order valence-corrected chi connectivity index (χ2v) is 8.46. The van der Waals surface area contributed by atoms with Crippen molar-refractivity contribution in [3.05, 3.63) is 40.9 Å². The molecule has 1 aromatic carbocycles. The molecule has 1 aromatic heterocycles. The lowest BCUT2D eigenvalue weighted by Gasteiger charge is -2.27. The van der Waals surface area contributed by atoms with E-state index in [4.69, 9.17) is 9.47 Å². The van der Waals surface area contributed by atoms with E-state index < -0.39 is 29.8 Å². The number of halogens is 2. The van der Waals surface area contributed by atoms with Crippen molar-refractivity contribution in [2.75, 3.05) is 43.0 Å². The number of nitrogens with one attached hydrogen (secondary N) is 1. The highest BCUT2D eigenvalue weighted by Gasteiger charge is 2.33. The highest BCUT2D eigenvalue weighted by molar-refractivity contribution is 7.13. The first-order chi connectivity index (χ1) is 16.3. The van der Waals surface area contributed by atoms with Gasteiger partial charge in [-0.15, -0.1) is 10.2 Å². The molecule has 1 N–H and O–H groups in total. The van der Waals surface area contributed by atoms with Crippen LogP contribution < -0.4 is 10.2 Å². The van der Waals surface area contributed by atoms with E-state index in [1.807, 2.05) is 0 Å². The molecule has 180 valence electrons. The largest absolute Gasteiger partial charge is 0.456 e. The Hall–Kier alpha value is -3.61. The van der Waals surface area contributed by atoms with Crippen LogP contribution in [-0.4, -0.2) is 72.0 Å². The van der Waals surface area contributed by atoms with Gasteiger partial charge in [0.15, 0.2) is 6.61 Å². The molecular formula is C21H21F2N5O5S. The first-order valence-electron chi connectivity index (χ1n) is 10.4. The molecule has 2 aromatic rings. The van der Waals surface area contributed by atoms with Crippen LogP contribution in [0.2, 0.25) is 0 Å². The van der Waals surface area contributed by atoms with Crippen LogP contribution in [0.1, 0.15) is 18.9 Å². The third kappa shape index (κ3) is 5.30. The van der Waals surface area contributed by atoms with Crippen molar-refractivity contribution in [1.29, 1.82) is 0 Å². The molecule has 10 nitrogen and oxygen atoms in total. The van der Waals surface area contributed by atoms with Crippen molar-refractivity contribution >= 4 is 45.7 Å². The number of rotatable bonds is 7. The zero-order chi connectivity index (χ0) is 24.2. The molecule has 4 rings (SSSR count). The Morgan fingerprint density at radius 3 is 2.71 bits per heavy atom. The van der Waals surface area contributed by atoms with Crippen LogP contribution in [0.3, 0.4) is 0 Å². The molecule has 0 bridgehead atoms. The van der Waals surface area contributed by atoms with Gasteiger partial charge in [0.05, 0.1) is 18.8 Å². The summed E-state index contributed by atoms with van der Waals surface area (Å²) in [5.41, 5.74) is 1.83. The summed E-state index contributed by atoms with van der Waals surface area (Å²) in [5.74, 6) is -2.58. The number of ether oxygens (including phenoxy) is 2. The number of carbonyl (C=O) groups is 3. The standard InChI is InChI=1S/C21H21F2N5O5S/c1-12(29)32-10-18(30)27-4-2-13(3-5-27)19-16(22)6-14(7-17(19)23)28-9-15(33-21(28)31)8-24-20-26-25-11-34-20/h2,6-7,11,15H,3-5,8-10H2,1H3,(H,24,26)/t15-/m0/s1. The summed E-state index contributed by atoms with van der Waals surface area (Å²) >= 11 is 1.30. The maximum atomic E-state index is 14.9. The average molecular weight is 493 g/mol. The van der Waals surface area contributed by atoms with E-state index >= 15 is 0 Å². The van der Waals surface area contributed by atoms with Gasteiger partial charge in [-0.2, -0.15) is 0 Å². The Morgan fingerprint density at radius 1 is 1.32 bits per heavy atom. The summed E-state index contributed by atoms with van der Waals surface area (Å²) in [6.45, 7) is 1.59. The fourth-order valence-corrected chi connectivity index (χ4v) is 4.14. The van der Waals surface area contributed by atoms with Gasteiger partial charge in [0.25, 0.3) is 5.91 Å². The minimum absolute atomic E-state index is 0.0526. The highest BCUT2D eigenvalue weighted by Crippen LogP contribution is 2.32. The van der Waals surface area contributed by atoms with Crippen molar-refractivity contribution in [1.82, 2.24) is 15.1 Å². The second-order valence-electron chi connectivity index (χ2n) is 7.62. The summed E-state index contributed by atoms with van der Waals surface area (Å²) in [5, 5.41) is 11.1. The molecule has 1 saturated heterocycles. The summed E-state index contributed by atoms with van der Waals surface area (Å²) in [6.07, 6.45) is 0.563. The first-order valence-corrected chi connectivity index (χ1v) is 11.3. The minimum atomic E-state index is -0.816. The Kier molecular flexibility index (Phi) is 7.01. The molecule has 0 spiro atoms. The number of hydrogen-bond acceptors (Lipinski definition) is 9. The molecule has 0 aliphatic carbocycles. The number of aromatic nitrogens is 2. The van der Waals surface area contributed by atoms with Crippen molar-refractivity contribution in [2.45, 2.75) is 19.4 Å². The predicted molar refractivity (Wildman–Crippen MR) is 118 cm³/mol. The molecule has 13 heteroatoms. The van der Waals surface area contributed by atoms with Gasteiger partial charge in [-0.25, -0.2) is 13.6 Å². The molecule has 3 heterocycles. The van der Waals surface area contributed by atoms with Crippen LogP contribution in [0.5, 0.6) is 0 Å². The van der Waals surface area contributed by atoms with Gasteiger partial charge >= 0.3 is 12.1 Å². The normalized spacial score (nSPS) is 17.9. The number of hydrogen-bond donors (Lipinski definition) is 1. The molecule has 1 fully saturated rings. The zero-order valence-corrected chi connectivity index (χ0v) is 18.9. The molecule has 0 saturated carbocycles. The smallest absolute Gasteiger partial charge is 0.414 e. The highest BCUT2D eigenvalue weighted by atomic mass is 32.1. The van der Waals surface area contributed by atoms with Crippen molar-refractivity contribution in [3.8, 4) is 0 Å². The molecule has 0 radical (unpaired) electrons. The van der Waals surface area contributed by atoms with E-state index in [0.29, 0.717) is 10.7 Å². The summed E-state index contributed by atoms with van der Waals surface area (Å²) in [6, 6.07) is 2.19. The van der Waals surface area contributed by atoms with E-state index in [2.05, 4.69) is 15.5 Å². The minimum Gasteiger partial charge on any atom is -0.456 e.